The van der Waals surface area contributed by atoms with Crippen LogP contribution in [0.5, 0.6) is 5.75 Å². The fourth-order valence-corrected chi connectivity index (χ4v) is 3.17. The van der Waals surface area contributed by atoms with E-state index >= 15 is 0 Å². The Kier molecular flexibility index (Phi) is 7.09. The number of benzene rings is 3. The van der Waals surface area contributed by atoms with Gasteiger partial charge in [0.1, 0.15) is 12.4 Å². The first kappa shape index (κ1) is 20.4. The van der Waals surface area contributed by atoms with Gasteiger partial charge in [0.25, 0.3) is 0 Å². The lowest BCUT2D eigenvalue weighted by Crippen LogP contribution is -2.02. The number of carbonyl (C=O) groups is 1. The molecule has 0 heterocycles. The molecule has 0 saturated heterocycles. The summed E-state index contributed by atoms with van der Waals surface area (Å²) in [6.07, 6.45) is 1.45. The number of nitrogens with zero attached hydrogens (tertiary/aromatic N) is 1. The van der Waals surface area contributed by atoms with Gasteiger partial charge >= 0.3 is 5.97 Å². The zero-order chi connectivity index (χ0) is 19.9. The Bertz CT molecular complexity index is 1010. The van der Waals surface area contributed by atoms with Crippen molar-refractivity contribution >= 4 is 51.3 Å². The topological polar surface area (TPSA) is 47.9 Å². The van der Waals surface area contributed by atoms with Crippen LogP contribution < -0.4 is 4.74 Å². The Morgan fingerprint density at radius 3 is 2.50 bits per heavy atom. The number of hydrogen-bond donors (Lipinski definition) is 0. The van der Waals surface area contributed by atoms with Crippen LogP contribution in [0.4, 0.5) is 0 Å². The van der Waals surface area contributed by atoms with E-state index in [1.165, 1.54) is 6.21 Å². The van der Waals surface area contributed by atoms with Gasteiger partial charge in [-0.2, -0.15) is 0 Å². The summed E-state index contributed by atoms with van der Waals surface area (Å²) < 4.78 is 6.37. The molecule has 28 heavy (non-hydrogen) atoms. The summed E-state index contributed by atoms with van der Waals surface area (Å²) in [4.78, 5) is 16.9. The van der Waals surface area contributed by atoms with E-state index in [9.17, 15) is 4.79 Å². The third-order valence-corrected chi connectivity index (χ3v) is 5.00. The van der Waals surface area contributed by atoms with E-state index in [4.69, 9.17) is 32.8 Å². The summed E-state index contributed by atoms with van der Waals surface area (Å²) in [6, 6.07) is 19.4. The first-order valence-electron chi connectivity index (χ1n) is 8.19. The van der Waals surface area contributed by atoms with E-state index in [1.807, 2.05) is 12.1 Å². The summed E-state index contributed by atoms with van der Waals surface area (Å²) in [7, 11) is 0. The van der Waals surface area contributed by atoms with E-state index in [0.29, 0.717) is 32.4 Å². The lowest BCUT2D eigenvalue weighted by molar-refractivity contribution is 0.0518. The zero-order valence-corrected chi connectivity index (χ0v) is 17.5. The van der Waals surface area contributed by atoms with Crippen LogP contribution in [0.25, 0.3) is 0 Å². The summed E-state index contributed by atoms with van der Waals surface area (Å²) in [6.45, 7) is 0.326. The molecule has 0 aliphatic carbocycles. The van der Waals surface area contributed by atoms with Crippen LogP contribution in [-0.2, 0) is 11.4 Å². The Morgan fingerprint density at radius 1 is 1.04 bits per heavy atom. The van der Waals surface area contributed by atoms with Crippen LogP contribution in [0, 0.1) is 0 Å². The van der Waals surface area contributed by atoms with Gasteiger partial charge in [-0.15, -0.1) is 0 Å². The lowest BCUT2D eigenvalue weighted by Gasteiger charge is -2.08. The van der Waals surface area contributed by atoms with Gasteiger partial charge in [0.15, 0.2) is 0 Å². The number of carbonyl (C=O) groups excluding carboxylic acids is 1. The highest BCUT2D eigenvalue weighted by Gasteiger charge is 2.10. The molecule has 0 aliphatic heterocycles. The third kappa shape index (κ3) is 5.58. The first-order chi connectivity index (χ1) is 13.5. The summed E-state index contributed by atoms with van der Waals surface area (Å²) in [5, 5.41) is 4.88. The van der Waals surface area contributed by atoms with Crippen molar-refractivity contribution in [3.63, 3.8) is 0 Å². The second-order valence-corrected chi connectivity index (χ2v) is 7.38. The number of ether oxygens (including phenoxy) is 1. The van der Waals surface area contributed by atoms with Crippen molar-refractivity contribution in [2.75, 3.05) is 0 Å². The van der Waals surface area contributed by atoms with Crippen LogP contribution >= 0.6 is 39.1 Å². The minimum atomic E-state index is -0.538. The molecular weight excluding hydrogens is 465 g/mol. The number of hydrogen-bond acceptors (Lipinski definition) is 4. The highest BCUT2D eigenvalue weighted by Crippen LogP contribution is 2.23. The molecule has 0 amide bonds. The summed E-state index contributed by atoms with van der Waals surface area (Å²) in [5.74, 6) is 0.136. The standard InChI is InChI=1S/C21H14BrCl2NO3/c22-19-4-2-1-3-18(19)21(26)28-25-12-14-5-9-17(10-6-14)27-13-15-7-8-16(23)11-20(15)24/h1-12H,13H2/b25-12+. The van der Waals surface area contributed by atoms with E-state index in [0.717, 1.165) is 11.1 Å². The SMILES string of the molecule is O=C(O/N=C/c1ccc(OCc2ccc(Cl)cc2Cl)cc1)c1ccccc1Br. The molecule has 0 radical (unpaired) electrons. The quantitative estimate of drug-likeness (QED) is 0.230. The van der Waals surface area contributed by atoms with E-state index in [2.05, 4.69) is 21.1 Å². The summed E-state index contributed by atoms with van der Waals surface area (Å²) in [5.41, 5.74) is 2.01. The minimum absolute atomic E-state index is 0.326. The van der Waals surface area contributed by atoms with Crippen molar-refractivity contribution in [2.24, 2.45) is 5.16 Å². The van der Waals surface area contributed by atoms with Gasteiger partial charge in [-0.3, -0.25) is 0 Å². The van der Waals surface area contributed by atoms with Gasteiger partial charge in [0.2, 0.25) is 0 Å². The predicted octanol–water partition coefficient (Wildman–Crippen LogP) is 6.53. The molecule has 3 rings (SSSR count). The van der Waals surface area contributed by atoms with Crippen LogP contribution in [0.1, 0.15) is 21.5 Å². The average Bonchev–Trinajstić information content (AvgIpc) is 2.68. The van der Waals surface area contributed by atoms with Gasteiger partial charge in [0, 0.05) is 20.1 Å². The molecule has 0 unspecified atom stereocenters. The molecule has 0 atom stereocenters. The Hall–Kier alpha value is -2.34. The largest absolute Gasteiger partial charge is 0.489 e. The molecule has 0 saturated carbocycles. The maximum atomic E-state index is 12.0. The van der Waals surface area contributed by atoms with Gasteiger partial charge in [-0.25, -0.2) is 4.79 Å². The molecule has 3 aromatic carbocycles. The third-order valence-electron chi connectivity index (χ3n) is 3.72. The van der Waals surface area contributed by atoms with Crippen molar-refractivity contribution in [1.82, 2.24) is 0 Å². The van der Waals surface area contributed by atoms with Crippen LogP contribution in [0.15, 0.2) is 76.4 Å². The first-order valence-corrected chi connectivity index (χ1v) is 9.74. The number of oxime groups is 1. The van der Waals surface area contributed by atoms with Crippen LogP contribution in [0.2, 0.25) is 10.0 Å². The molecule has 0 N–H and O–H groups in total. The molecule has 0 spiro atoms. The Morgan fingerprint density at radius 2 is 1.79 bits per heavy atom. The van der Waals surface area contributed by atoms with Crippen LogP contribution in [0.3, 0.4) is 0 Å². The fraction of sp³-hybridized carbons (Fsp3) is 0.0476. The van der Waals surface area contributed by atoms with Gasteiger partial charge in [0.05, 0.1) is 11.8 Å². The minimum Gasteiger partial charge on any atom is -0.489 e. The van der Waals surface area contributed by atoms with Crippen molar-refractivity contribution in [1.29, 1.82) is 0 Å². The van der Waals surface area contributed by atoms with Crippen molar-refractivity contribution < 1.29 is 14.4 Å². The molecule has 0 bridgehead atoms. The Balaban J connectivity index is 1.54. The van der Waals surface area contributed by atoms with E-state index in [-0.39, 0.29) is 0 Å². The van der Waals surface area contributed by atoms with Gasteiger partial charge in [-0.1, -0.05) is 46.6 Å². The monoisotopic (exact) mass is 477 g/mol. The van der Waals surface area contributed by atoms with Crippen molar-refractivity contribution in [2.45, 2.75) is 6.61 Å². The smallest absolute Gasteiger partial charge is 0.366 e. The highest BCUT2D eigenvalue weighted by atomic mass is 79.9. The van der Waals surface area contributed by atoms with Crippen molar-refractivity contribution in [3.8, 4) is 5.75 Å². The predicted molar refractivity (Wildman–Crippen MR) is 114 cm³/mol. The summed E-state index contributed by atoms with van der Waals surface area (Å²) >= 11 is 15.3. The lowest BCUT2D eigenvalue weighted by atomic mass is 10.2. The van der Waals surface area contributed by atoms with Crippen LogP contribution in [-0.4, -0.2) is 12.2 Å². The van der Waals surface area contributed by atoms with Crippen molar-refractivity contribution in [3.05, 3.63) is 97.9 Å². The molecule has 0 fully saturated rings. The van der Waals surface area contributed by atoms with Gasteiger partial charge in [-0.05, 0) is 70.0 Å². The normalized spacial score (nSPS) is 10.8. The zero-order valence-electron chi connectivity index (χ0n) is 14.4. The fourth-order valence-electron chi connectivity index (χ4n) is 2.26. The van der Waals surface area contributed by atoms with Gasteiger partial charge < -0.3 is 9.57 Å². The number of rotatable bonds is 6. The van der Waals surface area contributed by atoms with E-state index in [1.54, 1.807) is 54.6 Å². The highest BCUT2D eigenvalue weighted by molar-refractivity contribution is 9.10. The molecular formula is C21H14BrCl2NO3. The maximum Gasteiger partial charge on any atom is 0.366 e. The van der Waals surface area contributed by atoms with E-state index < -0.39 is 5.97 Å². The second kappa shape index (κ2) is 9.73. The number of halogens is 3. The Labute approximate surface area is 180 Å². The average molecular weight is 479 g/mol. The molecule has 0 aromatic heterocycles. The molecule has 4 nitrogen and oxygen atoms in total. The second-order valence-electron chi connectivity index (χ2n) is 5.69. The molecule has 7 heteroatoms. The molecule has 142 valence electrons. The maximum absolute atomic E-state index is 12.0. The molecule has 0 aliphatic rings. The molecule has 3 aromatic rings.